The molecule has 2 aliphatic heterocycles. The second-order valence-electron chi connectivity index (χ2n) is 12.2. The molecule has 1 aromatic carbocycles. The monoisotopic (exact) mass is 464 g/mol. The molecule has 1 saturated heterocycles. The molecule has 5 aliphatic rings. The molecule has 0 amide bonds. The molecule has 0 radical (unpaired) electrons. The van der Waals surface area contributed by atoms with Crippen molar-refractivity contribution in [2.45, 2.75) is 88.0 Å². The van der Waals surface area contributed by atoms with Gasteiger partial charge in [0.25, 0.3) is 0 Å². The van der Waals surface area contributed by atoms with Gasteiger partial charge in [-0.1, -0.05) is 13.8 Å². The average molecular weight is 465 g/mol. The topological polar surface area (TPSA) is 118 Å². The van der Waals surface area contributed by atoms with Crippen molar-refractivity contribution in [3.05, 3.63) is 41.1 Å². The maximum Gasteiger partial charge on any atom is 0.195 e. The molecule has 2 aromatic rings. The van der Waals surface area contributed by atoms with E-state index in [1.165, 1.54) is 11.6 Å². The highest BCUT2D eigenvalue weighted by molar-refractivity contribution is 5.97. The van der Waals surface area contributed by atoms with Crippen LogP contribution in [0.3, 0.4) is 0 Å². The predicted octanol–water partition coefficient (Wildman–Crippen LogP) is 2.88. The number of benzene rings is 1. The first-order valence-corrected chi connectivity index (χ1v) is 12.3. The maximum atomic E-state index is 13.1. The van der Waals surface area contributed by atoms with Gasteiger partial charge in [-0.25, -0.2) is 0 Å². The van der Waals surface area contributed by atoms with Gasteiger partial charge in [0.1, 0.15) is 11.2 Å². The lowest BCUT2D eigenvalue weighted by molar-refractivity contribution is -0.274. The van der Waals surface area contributed by atoms with Crippen LogP contribution >= 0.6 is 0 Å². The predicted molar refractivity (Wildman–Crippen MR) is 126 cm³/mol. The van der Waals surface area contributed by atoms with E-state index in [-0.39, 0.29) is 11.7 Å². The summed E-state index contributed by atoms with van der Waals surface area (Å²) >= 11 is 0. The van der Waals surface area contributed by atoms with E-state index in [1.807, 2.05) is 32.0 Å². The van der Waals surface area contributed by atoms with Gasteiger partial charge in [-0.3, -0.25) is 4.79 Å². The number of nitrogens with one attached hydrogen (secondary N) is 1. The Hall–Kier alpha value is -2.19. The molecule has 180 valence electrons. The minimum atomic E-state index is -1.67. The Morgan fingerprint density at radius 3 is 2.71 bits per heavy atom. The van der Waals surface area contributed by atoms with Crippen molar-refractivity contribution in [3.8, 4) is 0 Å². The number of ketones is 1. The van der Waals surface area contributed by atoms with Gasteiger partial charge in [-0.15, -0.1) is 0 Å². The highest BCUT2D eigenvalue weighted by atomic mass is 16.8. The molecule has 34 heavy (non-hydrogen) atoms. The zero-order valence-corrected chi connectivity index (χ0v) is 20.1. The summed E-state index contributed by atoms with van der Waals surface area (Å²) in [5, 5.41) is 25.3. The van der Waals surface area contributed by atoms with E-state index in [9.17, 15) is 15.0 Å². The largest absolute Gasteiger partial charge is 0.399 e. The Labute approximate surface area is 198 Å². The minimum Gasteiger partial charge on any atom is -0.399 e. The highest BCUT2D eigenvalue weighted by Gasteiger charge is 2.77. The molecule has 2 saturated carbocycles. The Morgan fingerprint density at radius 1 is 1.18 bits per heavy atom. The van der Waals surface area contributed by atoms with Gasteiger partial charge in [0, 0.05) is 45.1 Å². The van der Waals surface area contributed by atoms with Crippen molar-refractivity contribution < 1.29 is 24.5 Å². The first-order chi connectivity index (χ1) is 15.9. The summed E-state index contributed by atoms with van der Waals surface area (Å²) in [7, 11) is 0. The molecule has 1 spiro atoms. The molecule has 5 N–H and O–H groups in total. The fourth-order valence-corrected chi connectivity index (χ4v) is 8.49. The molecule has 3 heterocycles. The van der Waals surface area contributed by atoms with Crippen LogP contribution in [0.5, 0.6) is 0 Å². The van der Waals surface area contributed by atoms with Gasteiger partial charge >= 0.3 is 0 Å². The van der Waals surface area contributed by atoms with Crippen LogP contribution in [0.2, 0.25) is 0 Å². The van der Waals surface area contributed by atoms with Crippen molar-refractivity contribution in [1.29, 1.82) is 0 Å². The average Bonchev–Trinajstić information content (AvgIpc) is 3.34. The summed E-state index contributed by atoms with van der Waals surface area (Å²) in [6.07, 6.45) is 2.10. The number of hydrogen-bond acceptors (Lipinski definition) is 6. The number of nitrogen functional groups attached to an aromatic ring is 1. The number of aromatic nitrogens is 1. The Bertz CT molecular complexity index is 1330. The number of nitrogens with two attached hydrogens (primary N) is 1. The number of hydrogen-bond donors (Lipinski definition) is 4. The number of aliphatic hydroxyl groups is 2. The summed E-state index contributed by atoms with van der Waals surface area (Å²) in [5.74, 6) is -1.25. The third-order valence-electron chi connectivity index (χ3n) is 10.4. The number of fused-ring (bicyclic) bond motifs is 9. The lowest BCUT2D eigenvalue weighted by atomic mass is 9.41. The highest BCUT2D eigenvalue weighted by Crippen LogP contribution is 2.71. The summed E-state index contributed by atoms with van der Waals surface area (Å²) in [6, 6.07) is 5.91. The van der Waals surface area contributed by atoms with Crippen LogP contribution in [-0.2, 0) is 26.1 Å². The smallest absolute Gasteiger partial charge is 0.195 e. The van der Waals surface area contributed by atoms with Crippen LogP contribution in [0.15, 0.2) is 29.8 Å². The number of aromatic amines is 1. The second-order valence-corrected chi connectivity index (χ2v) is 12.2. The standard InChI is InChI=1S/C27H32N2O5/c1-23(2)22-18(30)12-19-26(33-22,34-23)8-7-24(3)25(4)13(10-20(31)27(19,24)32)9-16-15-11-14(28)5-6-17(15)29-21(16)25/h5-6,11-13,20,22,29,31-32H,7-10,28H2,1-4H3/t13-,20+,22+,24-,25-,26+,27+/m1/s1. The fourth-order valence-electron chi connectivity index (χ4n) is 8.49. The summed E-state index contributed by atoms with van der Waals surface area (Å²) in [6.45, 7) is 7.99. The van der Waals surface area contributed by atoms with Crippen molar-refractivity contribution in [2.24, 2.45) is 11.3 Å². The van der Waals surface area contributed by atoms with E-state index in [2.05, 4.69) is 18.8 Å². The van der Waals surface area contributed by atoms with E-state index >= 15 is 0 Å². The Morgan fingerprint density at radius 2 is 1.94 bits per heavy atom. The van der Waals surface area contributed by atoms with Gasteiger partial charge in [0.2, 0.25) is 0 Å². The van der Waals surface area contributed by atoms with E-state index in [1.54, 1.807) is 0 Å². The first-order valence-electron chi connectivity index (χ1n) is 12.3. The van der Waals surface area contributed by atoms with Crippen molar-refractivity contribution in [3.63, 3.8) is 0 Å². The number of ether oxygens (including phenoxy) is 2. The minimum absolute atomic E-state index is 0.142. The first kappa shape index (κ1) is 21.1. The fraction of sp³-hybridized carbons (Fsp3) is 0.593. The second kappa shape index (κ2) is 5.78. The zero-order valence-electron chi connectivity index (χ0n) is 20.1. The van der Waals surface area contributed by atoms with E-state index in [0.717, 1.165) is 28.7 Å². The van der Waals surface area contributed by atoms with Gasteiger partial charge < -0.3 is 30.4 Å². The molecule has 7 rings (SSSR count). The number of carbonyl (C=O) groups excluding carboxylic acids is 1. The summed E-state index contributed by atoms with van der Waals surface area (Å²) < 4.78 is 12.7. The van der Waals surface area contributed by atoms with E-state index in [0.29, 0.717) is 24.8 Å². The van der Waals surface area contributed by atoms with Crippen LogP contribution in [0, 0.1) is 11.3 Å². The number of aliphatic hydroxyl groups excluding tert-OH is 1. The lowest BCUT2D eigenvalue weighted by Crippen LogP contribution is -2.74. The van der Waals surface area contributed by atoms with Crippen LogP contribution < -0.4 is 5.73 Å². The normalized spacial score (nSPS) is 46.0. The number of anilines is 1. The van der Waals surface area contributed by atoms with Gasteiger partial charge in [-0.05, 0) is 68.9 Å². The van der Waals surface area contributed by atoms with Crippen LogP contribution in [0.4, 0.5) is 5.69 Å². The third-order valence-corrected chi connectivity index (χ3v) is 10.4. The van der Waals surface area contributed by atoms with Crippen LogP contribution in [0.1, 0.15) is 58.2 Å². The third kappa shape index (κ3) is 2.02. The molecule has 3 aliphatic carbocycles. The van der Waals surface area contributed by atoms with Crippen molar-refractivity contribution in [1.82, 2.24) is 4.98 Å². The molecule has 0 unspecified atom stereocenters. The molecule has 2 bridgehead atoms. The SMILES string of the molecule is CC1(C)O[C@@]23CC[C@]4(C)[C@@]5(C)c6[nH]c7ccc(N)cc7c6C[C@@H]5C[C@H](O)[C@@]4(O)C2=CC(=O)[C@@H]1O3. The summed E-state index contributed by atoms with van der Waals surface area (Å²) in [4.78, 5) is 16.8. The molecular formula is C27H32N2O5. The van der Waals surface area contributed by atoms with Crippen molar-refractivity contribution in [2.75, 3.05) is 5.73 Å². The Balaban J connectivity index is 1.45. The zero-order chi connectivity index (χ0) is 24.1. The van der Waals surface area contributed by atoms with Gasteiger partial charge in [0.05, 0.1) is 6.10 Å². The number of rotatable bonds is 0. The Kier molecular flexibility index (Phi) is 3.59. The van der Waals surface area contributed by atoms with Crippen LogP contribution in [-0.4, -0.2) is 50.2 Å². The lowest BCUT2D eigenvalue weighted by Gasteiger charge is -2.66. The molecule has 7 heteroatoms. The summed E-state index contributed by atoms with van der Waals surface area (Å²) in [5.41, 5.74) is 6.89. The molecule has 1 aromatic heterocycles. The number of carbonyl (C=O) groups is 1. The quantitative estimate of drug-likeness (QED) is 0.446. The van der Waals surface area contributed by atoms with Crippen LogP contribution in [0.25, 0.3) is 10.9 Å². The molecule has 7 nitrogen and oxygen atoms in total. The van der Waals surface area contributed by atoms with Crippen molar-refractivity contribution >= 4 is 22.4 Å². The number of H-pyrrole nitrogens is 1. The van der Waals surface area contributed by atoms with Gasteiger partial charge in [0.15, 0.2) is 17.7 Å². The molecule has 3 fully saturated rings. The van der Waals surface area contributed by atoms with E-state index in [4.69, 9.17) is 15.2 Å². The van der Waals surface area contributed by atoms with E-state index < -0.39 is 40.0 Å². The molecule has 7 atom stereocenters. The molecular weight excluding hydrogens is 432 g/mol. The maximum absolute atomic E-state index is 13.1. The van der Waals surface area contributed by atoms with Gasteiger partial charge in [-0.2, -0.15) is 0 Å².